The van der Waals surface area contributed by atoms with E-state index in [-0.39, 0.29) is 23.5 Å². The Morgan fingerprint density at radius 3 is 2.48 bits per heavy atom. The van der Waals surface area contributed by atoms with E-state index in [1.54, 1.807) is 7.11 Å². The van der Waals surface area contributed by atoms with E-state index in [2.05, 4.69) is 45.6 Å². The van der Waals surface area contributed by atoms with Gasteiger partial charge in [0.1, 0.15) is 11.8 Å². The molecule has 0 aromatic heterocycles. The molecule has 0 saturated heterocycles. The van der Waals surface area contributed by atoms with Crippen LogP contribution in [-0.2, 0) is 9.53 Å². The molecule has 0 aliphatic carbocycles. The third kappa shape index (κ3) is 3.04. The van der Waals surface area contributed by atoms with Crippen molar-refractivity contribution in [3.8, 4) is 5.75 Å². The first kappa shape index (κ1) is 17.6. The van der Waals surface area contributed by atoms with Crippen LogP contribution in [0.3, 0.4) is 0 Å². The van der Waals surface area contributed by atoms with E-state index in [0.29, 0.717) is 5.92 Å². The molecule has 1 aliphatic rings. The van der Waals surface area contributed by atoms with Crippen LogP contribution in [0.4, 0.5) is 5.69 Å². The zero-order valence-electron chi connectivity index (χ0n) is 15.3. The van der Waals surface area contributed by atoms with Gasteiger partial charge in [0.2, 0.25) is 0 Å². The number of nitrogens with zero attached hydrogens (tertiary/aromatic N) is 1. The number of carbonyl (C=O) groups is 1. The summed E-state index contributed by atoms with van der Waals surface area (Å²) in [6.07, 6.45) is 0.980. The molecule has 4 nitrogen and oxygen atoms in total. The Bertz CT molecular complexity index is 580. The maximum atomic E-state index is 12.5. The first-order valence-electron chi connectivity index (χ1n) is 8.28. The third-order valence-electron chi connectivity index (χ3n) is 4.83. The zero-order valence-corrected chi connectivity index (χ0v) is 15.3. The number of hydrogen-bond acceptors (Lipinski definition) is 4. The van der Waals surface area contributed by atoms with Gasteiger partial charge in [-0.1, -0.05) is 32.9 Å². The summed E-state index contributed by atoms with van der Waals surface area (Å²) in [5.74, 6) is 1.17. The molecule has 1 aromatic carbocycles. The van der Waals surface area contributed by atoms with Gasteiger partial charge < -0.3 is 14.4 Å². The molecule has 0 unspecified atom stereocenters. The van der Waals surface area contributed by atoms with Gasteiger partial charge >= 0.3 is 5.97 Å². The van der Waals surface area contributed by atoms with E-state index in [1.165, 1.54) is 12.7 Å². The fourth-order valence-electron chi connectivity index (χ4n) is 3.93. The Balaban J connectivity index is 2.70. The highest BCUT2D eigenvalue weighted by atomic mass is 16.5. The normalized spacial score (nSPS) is 20.9. The van der Waals surface area contributed by atoms with E-state index in [0.717, 1.165) is 17.9 Å². The van der Waals surface area contributed by atoms with E-state index >= 15 is 0 Å². The van der Waals surface area contributed by atoms with Crippen molar-refractivity contribution in [1.29, 1.82) is 0 Å². The van der Waals surface area contributed by atoms with Gasteiger partial charge in [-0.2, -0.15) is 0 Å². The lowest BCUT2D eigenvalue weighted by molar-refractivity contribution is -0.143. The molecule has 1 aliphatic heterocycles. The number of fused-ring (bicyclic) bond motifs is 1. The first-order chi connectivity index (χ1) is 10.7. The van der Waals surface area contributed by atoms with Crippen LogP contribution < -0.4 is 9.64 Å². The second-order valence-electron chi connectivity index (χ2n) is 7.40. The Hall–Kier alpha value is -1.71. The minimum absolute atomic E-state index is 0.132. The van der Waals surface area contributed by atoms with Crippen molar-refractivity contribution < 1.29 is 14.3 Å². The van der Waals surface area contributed by atoms with E-state index in [9.17, 15) is 4.79 Å². The Morgan fingerprint density at radius 1 is 1.30 bits per heavy atom. The number of para-hydroxylation sites is 1. The number of methoxy groups -OCH3 is 2. The number of benzene rings is 1. The molecule has 2 rings (SSSR count). The molecule has 0 amide bonds. The lowest BCUT2D eigenvalue weighted by Gasteiger charge is -2.51. The number of esters is 1. The standard InChI is InChI=1S/C19H29NO3/c1-12(2)16(18(21)23-7)20-17-14(9-8-10-15(17)22-6)13(3)11-19(20,4)5/h8-10,12-13,16H,11H2,1-7H3/t13-,16+/m1/s1. The molecule has 0 saturated carbocycles. The molecule has 1 aromatic rings. The predicted octanol–water partition coefficient (Wildman–Crippen LogP) is 3.99. The van der Waals surface area contributed by atoms with Gasteiger partial charge in [-0.3, -0.25) is 0 Å². The lowest BCUT2D eigenvalue weighted by Crippen LogP contribution is -2.58. The molecule has 0 radical (unpaired) electrons. The average Bonchev–Trinajstić information content (AvgIpc) is 2.49. The van der Waals surface area contributed by atoms with E-state index in [1.807, 2.05) is 12.1 Å². The van der Waals surface area contributed by atoms with Gasteiger partial charge in [-0.05, 0) is 43.7 Å². The summed E-state index contributed by atoms with van der Waals surface area (Å²) in [5, 5.41) is 0. The molecule has 128 valence electrons. The van der Waals surface area contributed by atoms with Crippen molar-refractivity contribution in [2.45, 2.75) is 58.5 Å². The van der Waals surface area contributed by atoms with Crippen LogP contribution in [0, 0.1) is 5.92 Å². The van der Waals surface area contributed by atoms with Gasteiger partial charge in [0.25, 0.3) is 0 Å². The molecule has 0 bridgehead atoms. The number of carbonyl (C=O) groups excluding carboxylic acids is 1. The van der Waals surface area contributed by atoms with Gasteiger partial charge in [-0.15, -0.1) is 0 Å². The Kier molecular flexibility index (Phi) is 4.92. The van der Waals surface area contributed by atoms with Crippen molar-refractivity contribution in [1.82, 2.24) is 0 Å². The molecule has 0 fully saturated rings. The maximum Gasteiger partial charge on any atom is 0.328 e. The highest BCUT2D eigenvalue weighted by Crippen LogP contribution is 2.49. The molecule has 23 heavy (non-hydrogen) atoms. The van der Waals surface area contributed by atoms with Crippen LogP contribution in [0.25, 0.3) is 0 Å². The third-order valence-corrected chi connectivity index (χ3v) is 4.83. The van der Waals surface area contributed by atoms with Gasteiger partial charge in [-0.25, -0.2) is 4.79 Å². The number of hydrogen-bond donors (Lipinski definition) is 0. The fourth-order valence-corrected chi connectivity index (χ4v) is 3.93. The van der Waals surface area contributed by atoms with Crippen molar-refractivity contribution in [3.05, 3.63) is 23.8 Å². The molecule has 0 N–H and O–H groups in total. The monoisotopic (exact) mass is 319 g/mol. The Morgan fingerprint density at radius 2 is 1.96 bits per heavy atom. The highest BCUT2D eigenvalue weighted by molar-refractivity contribution is 5.83. The second kappa shape index (κ2) is 6.42. The summed E-state index contributed by atoms with van der Waals surface area (Å²) in [7, 11) is 3.14. The van der Waals surface area contributed by atoms with Crippen molar-refractivity contribution in [3.63, 3.8) is 0 Å². The minimum atomic E-state index is -0.336. The summed E-state index contributed by atoms with van der Waals surface area (Å²) in [4.78, 5) is 14.7. The first-order valence-corrected chi connectivity index (χ1v) is 8.28. The van der Waals surface area contributed by atoms with Crippen LogP contribution >= 0.6 is 0 Å². The second-order valence-corrected chi connectivity index (χ2v) is 7.40. The number of anilines is 1. The summed E-state index contributed by atoms with van der Waals surface area (Å²) in [6.45, 7) is 10.7. The molecular formula is C19H29NO3. The van der Waals surface area contributed by atoms with Crippen LogP contribution in [-0.4, -0.2) is 31.8 Å². The molecule has 0 spiro atoms. The van der Waals surface area contributed by atoms with Crippen LogP contribution in [0.15, 0.2) is 18.2 Å². The number of rotatable bonds is 4. The quantitative estimate of drug-likeness (QED) is 0.787. The van der Waals surface area contributed by atoms with Crippen LogP contribution in [0.2, 0.25) is 0 Å². The van der Waals surface area contributed by atoms with Crippen molar-refractivity contribution in [2.75, 3.05) is 19.1 Å². The van der Waals surface area contributed by atoms with Crippen molar-refractivity contribution in [2.24, 2.45) is 5.92 Å². The van der Waals surface area contributed by atoms with E-state index in [4.69, 9.17) is 9.47 Å². The molecule has 2 atom stereocenters. The SMILES string of the molecule is COC(=O)[C@H](C(C)C)N1c2c(OC)cccc2[C@H](C)CC1(C)C. The summed E-state index contributed by atoms with van der Waals surface area (Å²) in [5.41, 5.74) is 2.10. The zero-order chi connectivity index (χ0) is 17.4. The van der Waals surface area contributed by atoms with Crippen LogP contribution in [0.5, 0.6) is 5.75 Å². The van der Waals surface area contributed by atoms with Crippen LogP contribution in [0.1, 0.15) is 52.5 Å². The number of ether oxygens (including phenoxy) is 2. The average molecular weight is 319 g/mol. The molecule has 4 heteroatoms. The Labute approximate surface area is 139 Å². The minimum Gasteiger partial charge on any atom is -0.495 e. The molecule has 1 heterocycles. The summed E-state index contributed by atoms with van der Waals surface area (Å²) >= 11 is 0. The summed E-state index contributed by atoms with van der Waals surface area (Å²) in [6, 6.07) is 5.79. The maximum absolute atomic E-state index is 12.5. The largest absolute Gasteiger partial charge is 0.495 e. The predicted molar refractivity (Wildman–Crippen MR) is 93.2 cm³/mol. The fraction of sp³-hybridized carbons (Fsp3) is 0.632. The van der Waals surface area contributed by atoms with Gasteiger partial charge in [0.15, 0.2) is 0 Å². The van der Waals surface area contributed by atoms with E-state index < -0.39 is 0 Å². The summed E-state index contributed by atoms with van der Waals surface area (Å²) < 4.78 is 10.7. The van der Waals surface area contributed by atoms with Gasteiger partial charge in [0, 0.05) is 5.54 Å². The topological polar surface area (TPSA) is 38.8 Å². The lowest BCUT2D eigenvalue weighted by atomic mass is 9.78. The van der Waals surface area contributed by atoms with Gasteiger partial charge in [0.05, 0.1) is 19.9 Å². The highest BCUT2D eigenvalue weighted by Gasteiger charge is 2.45. The molecular weight excluding hydrogens is 290 g/mol. The van der Waals surface area contributed by atoms with Crippen molar-refractivity contribution >= 4 is 11.7 Å². The smallest absolute Gasteiger partial charge is 0.328 e.